The van der Waals surface area contributed by atoms with Crippen LogP contribution in [-0.2, 0) is 0 Å². The van der Waals surface area contributed by atoms with E-state index in [2.05, 4.69) is 9.97 Å². The Morgan fingerprint density at radius 2 is 1.93 bits per heavy atom. The molecule has 0 fully saturated rings. The zero-order valence-corrected chi connectivity index (χ0v) is 7.98. The SMILES string of the molecule is OB(O)c1cc(-c2ncccn2)cs1. The van der Waals surface area contributed by atoms with Crippen molar-refractivity contribution in [2.75, 3.05) is 0 Å². The Labute approximate surface area is 85.0 Å². The van der Waals surface area contributed by atoms with Crippen LogP contribution in [0, 0.1) is 0 Å². The summed E-state index contributed by atoms with van der Waals surface area (Å²) in [7, 11) is -1.42. The molecule has 0 bridgehead atoms. The van der Waals surface area contributed by atoms with E-state index in [1.807, 2.05) is 0 Å². The van der Waals surface area contributed by atoms with Crippen LogP contribution in [0.5, 0.6) is 0 Å². The average Bonchev–Trinajstić information content (AvgIpc) is 2.68. The number of rotatable bonds is 2. The fraction of sp³-hybridized carbons (Fsp3) is 0. The van der Waals surface area contributed by atoms with Crippen LogP contribution in [0.1, 0.15) is 0 Å². The number of nitrogens with zero attached hydrogens (tertiary/aromatic N) is 2. The summed E-state index contributed by atoms with van der Waals surface area (Å²) >= 11 is 1.27. The average molecular weight is 206 g/mol. The maximum Gasteiger partial charge on any atom is 0.499 e. The molecule has 0 aliphatic heterocycles. The van der Waals surface area contributed by atoms with Gasteiger partial charge < -0.3 is 10.0 Å². The minimum absolute atomic E-state index is 0.493. The van der Waals surface area contributed by atoms with E-state index in [-0.39, 0.29) is 0 Å². The Balaban J connectivity index is 2.34. The van der Waals surface area contributed by atoms with E-state index in [1.165, 1.54) is 11.3 Å². The fourth-order valence-corrected chi connectivity index (χ4v) is 1.81. The molecule has 2 N–H and O–H groups in total. The van der Waals surface area contributed by atoms with Crippen molar-refractivity contribution in [1.82, 2.24) is 9.97 Å². The van der Waals surface area contributed by atoms with Crippen molar-refractivity contribution in [3.8, 4) is 11.4 Å². The first-order chi connectivity index (χ1) is 6.77. The lowest BCUT2D eigenvalue weighted by molar-refractivity contribution is 0.427. The van der Waals surface area contributed by atoms with Gasteiger partial charge in [-0.25, -0.2) is 9.97 Å². The number of thiophene rings is 1. The summed E-state index contributed by atoms with van der Waals surface area (Å²) in [6, 6.07) is 3.41. The highest BCUT2D eigenvalue weighted by Gasteiger charge is 2.14. The molecule has 0 saturated heterocycles. The lowest BCUT2D eigenvalue weighted by atomic mass is 9.89. The molecule has 0 aliphatic carbocycles. The summed E-state index contributed by atoms with van der Waals surface area (Å²) in [5.74, 6) is 0.593. The summed E-state index contributed by atoms with van der Waals surface area (Å²) in [4.78, 5) is 8.11. The lowest BCUT2D eigenvalue weighted by Crippen LogP contribution is -2.26. The number of hydrogen-bond donors (Lipinski definition) is 2. The van der Waals surface area contributed by atoms with Gasteiger partial charge in [-0.2, -0.15) is 11.3 Å². The lowest BCUT2D eigenvalue weighted by Gasteiger charge is -1.93. The Bertz CT molecular complexity index is 418. The van der Waals surface area contributed by atoms with E-state index in [0.717, 1.165) is 5.56 Å². The number of hydrogen-bond acceptors (Lipinski definition) is 5. The van der Waals surface area contributed by atoms with Crippen LogP contribution in [0.4, 0.5) is 0 Å². The van der Waals surface area contributed by atoms with Crippen LogP contribution in [0.25, 0.3) is 11.4 Å². The molecule has 2 rings (SSSR count). The quantitative estimate of drug-likeness (QED) is 0.672. The maximum atomic E-state index is 8.91. The highest BCUT2D eigenvalue weighted by Crippen LogP contribution is 2.15. The van der Waals surface area contributed by atoms with Crippen molar-refractivity contribution in [3.63, 3.8) is 0 Å². The zero-order chi connectivity index (χ0) is 9.97. The summed E-state index contributed by atoms with van der Waals surface area (Å²) in [6.07, 6.45) is 3.30. The van der Waals surface area contributed by atoms with Gasteiger partial charge in [-0.15, -0.1) is 0 Å². The summed E-state index contributed by atoms with van der Waals surface area (Å²) in [5.41, 5.74) is 0.804. The molecule has 2 heterocycles. The molecule has 0 atom stereocenters. The van der Waals surface area contributed by atoms with Crippen molar-refractivity contribution < 1.29 is 10.0 Å². The molecular formula is C8H7BN2O2S. The molecule has 0 aromatic carbocycles. The minimum atomic E-state index is -1.42. The van der Waals surface area contributed by atoms with Gasteiger partial charge >= 0.3 is 7.12 Å². The van der Waals surface area contributed by atoms with Crippen LogP contribution < -0.4 is 4.78 Å². The topological polar surface area (TPSA) is 66.2 Å². The van der Waals surface area contributed by atoms with Gasteiger partial charge in [-0.3, -0.25) is 0 Å². The molecule has 0 unspecified atom stereocenters. The van der Waals surface area contributed by atoms with E-state index < -0.39 is 7.12 Å². The monoisotopic (exact) mass is 206 g/mol. The van der Waals surface area contributed by atoms with Gasteiger partial charge in [0.15, 0.2) is 5.82 Å². The van der Waals surface area contributed by atoms with Gasteiger partial charge in [0, 0.05) is 28.1 Å². The molecule has 0 amide bonds. The van der Waals surface area contributed by atoms with E-state index in [0.29, 0.717) is 10.6 Å². The molecule has 0 aliphatic rings. The molecule has 14 heavy (non-hydrogen) atoms. The molecule has 4 nitrogen and oxygen atoms in total. The van der Waals surface area contributed by atoms with Gasteiger partial charge in [0.05, 0.1) is 0 Å². The van der Waals surface area contributed by atoms with Crippen LogP contribution >= 0.6 is 11.3 Å². The van der Waals surface area contributed by atoms with Gasteiger partial charge in [0.2, 0.25) is 0 Å². The zero-order valence-electron chi connectivity index (χ0n) is 7.16. The van der Waals surface area contributed by atoms with Crippen molar-refractivity contribution in [2.45, 2.75) is 0 Å². The Morgan fingerprint density at radius 1 is 1.21 bits per heavy atom. The third kappa shape index (κ3) is 1.82. The molecule has 0 spiro atoms. The second-order valence-electron chi connectivity index (χ2n) is 2.68. The first-order valence-electron chi connectivity index (χ1n) is 3.99. The third-order valence-corrected chi connectivity index (χ3v) is 2.67. The fourth-order valence-electron chi connectivity index (χ4n) is 1.05. The standard InChI is InChI=1S/C8H7BN2O2S/c12-9(13)7-4-6(5-14-7)8-10-2-1-3-11-8/h1-5,12-13H. The molecular weight excluding hydrogens is 199 g/mol. The molecule has 70 valence electrons. The predicted octanol–water partition coefficient (Wildman–Crippen LogP) is -0.115. The molecule has 0 radical (unpaired) electrons. The third-order valence-electron chi connectivity index (χ3n) is 1.70. The predicted molar refractivity (Wildman–Crippen MR) is 55.2 cm³/mol. The van der Waals surface area contributed by atoms with Crippen molar-refractivity contribution >= 4 is 23.2 Å². The molecule has 6 heteroatoms. The van der Waals surface area contributed by atoms with E-state index in [4.69, 9.17) is 10.0 Å². The maximum absolute atomic E-state index is 8.91. The van der Waals surface area contributed by atoms with Crippen molar-refractivity contribution in [1.29, 1.82) is 0 Å². The second kappa shape index (κ2) is 3.87. The normalized spacial score (nSPS) is 10.1. The van der Waals surface area contributed by atoms with Crippen LogP contribution in [0.2, 0.25) is 0 Å². The van der Waals surface area contributed by atoms with Crippen LogP contribution in [-0.4, -0.2) is 27.1 Å². The van der Waals surface area contributed by atoms with E-state index in [1.54, 1.807) is 29.9 Å². The summed E-state index contributed by atoms with van der Waals surface area (Å²) < 4.78 is 0.493. The van der Waals surface area contributed by atoms with E-state index >= 15 is 0 Å². The first-order valence-corrected chi connectivity index (χ1v) is 4.87. The Kier molecular flexibility index (Phi) is 2.58. The first kappa shape index (κ1) is 9.33. The molecule has 2 aromatic heterocycles. The van der Waals surface area contributed by atoms with Gasteiger partial charge in [0.25, 0.3) is 0 Å². The highest BCUT2D eigenvalue weighted by molar-refractivity contribution is 7.20. The Hall–Kier alpha value is -1.24. The number of aromatic nitrogens is 2. The smallest absolute Gasteiger partial charge is 0.423 e. The van der Waals surface area contributed by atoms with Gasteiger partial charge in [-0.05, 0) is 12.1 Å². The molecule has 2 aromatic rings. The molecule has 0 saturated carbocycles. The largest absolute Gasteiger partial charge is 0.499 e. The second-order valence-corrected chi connectivity index (χ2v) is 3.63. The van der Waals surface area contributed by atoms with Crippen molar-refractivity contribution in [2.24, 2.45) is 0 Å². The highest BCUT2D eigenvalue weighted by atomic mass is 32.1. The van der Waals surface area contributed by atoms with Gasteiger partial charge in [-0.1, -0.05) is 0 Å². The Morgan fingerprint density at radius 3 is 2.50 bits per heavy atom. The van der Waals surface area contributed by atoms with Crippen LogP contribution in [0.15, 0.2) is 29.9 Å². The van der Waals surface area contributed by atoms with Crippen molar-refractivity contribution in [3.05, 3.63) is 29.9 Å². The van der Waals surface area contributed by atoms with Gasteiger partial charge in [0.1, 0.15) is 0 Å². The minimum Gasteiger partial charge on any atom is -0.423 e. The van der Waals surface area contributed by atoms with Crippen LogP contribution in [0.3, 0.4) is 0 Å². The van der Waals surface area contributed by atoms with E-state index in [9.17, 15) is 0 Å². The summed E-state index contributed by atoms with van der Waals surface area (Å²) in [5, 5.41) is 19.6. The summed E-state index contributed by atoms with van der Waals surface area (Å²) in [6.45, 7) is 0.